The topological polar surface area (TPSA) is 13.1 Å². The van der Waals surface area contributed by atoms with Crippen LogP contribution in [0.3, 0.4) is 0 Å². The van der Waals surface area contributed by atoms with E-state index in [2.05, 4.69) is 37.3 Å². The van der Waals surface area contributed by atoms with Gasteiger partial charge in [-0.1, -0.05) is 0 Å². The van der Waals surface area contributed by atoms with E-state index in [0.717, 1.165) is 37.2 Å². The lowest BCUT2D eigenvalue weighted by atomic mass is 10.2. The van der Waals surface area contributed by atoms with E-state index in [0.29, 0.717) is 0 Å². The lowest BCUT2D eigenvalue weighted by Crippen LogP contribution is -1.86. The van der Waals surface area contributed by atoms with Crippen LogP contribution >= 0.6 is 22.7 Å². The second-order valence-electron chi connectivity index (χ2n) is 5.39. The van der Waals surface area contributed by atoms with E-state index in [-0.39, 0.29) is 0 Å². The summed E-state index contributed by atoms with van der Waals surface area (Å²) in [6.07, 6.45) is 4.40. The molecule has 0 aliphatic rings. The summed E-state index contributed by atoms with van der Waals surface area (Å²) in [5.74, 6) is 2.10. The first kappa shape index (κ1) is 14.6. The van der Waals surface area contributed by atoms with Gasteiger partial charge in [0.2, 0.25) is 0 Å². The van der Waals surface area contributed by atoms with Gasteiger partial charge in [-0.15, -0.1) is 22.7 Å². The minimum absolute atomic E-state index is 0.998. The molecule has 0 N–H and O–H groups in total. The Morgan fingerprint density at radius 2 is 1.33 bits per heavy atom. The highest BCUT2D eigenvalue weighted by Gasteiger charge is 2.05. The largest absolute Gasteiger partial charge is 0.466 e. The normalized spacial score (nSPS) is 11.1. The molecule has 0 saturated heterocycles. The Kier molecular flexibility index (Phi) is 4.61. The van der Waals surface area contributed by atoms with Crippen LogP contribution < -0.4 is 0 Å². The zero-order valence-electron chi connectivity index (χ0n) is 12.5. The summed E-state index contributed by atoms with van der Waals surface area (Å²) in [5, 5.41) is 0. The first-order chi connectivity index (χ1) is 10.2. The molecule has 3 aromatic heterocycles. The van der Waals surface area contributed by atoms with Crippen LogP contribution in [0.15, 0.2) is 40.8 Å². The summed E-state index contributed by atoms with van der Waals surface area (Å²) >= 11 is 3.86. The maximum atomic E-state index is 5.63. The quantitative estimate of drug-likeness (QED) is 0.578. The molecule has 0 aromatic carbocycles. The highest BCUT2D eigenvalue weighted by atomic mass is 32.1. The monoisotopic (exact) mass is 316 g/mol. The Bertz CT molecular complexity index is 643. The van der Waals surface area contributed by atoms with Crippen LogP contribution in [-0.4, -0.2) is 0 Å². The molecule has 0 fully saturated rings. The third-order valence-corrected chi connectivity index (χ3v) is 5.81. The summed E-state index contributed by atoms with van der Waals surface area (Å²) in [6, 6.07) is 13.2. The summed E-state index contributed by atoms with van der Waals surface area (Å²) in [6.45, 7) is 4.17. The molecule has 0 unspecified atom stereocenters. The Hall–Kier alpha value is -1.32. The molecule has 3 heteroatoms. The summed E-state index contributed by atoms with van der Waals surface area (Å²) < 4.78 is 5.63. The molecular weight excluding hydrogens is 296 g/mol. The second-order valence-corrected chi connectivity index (χ2v) is 8.02. The van der Waals surface area contributed by atoms with Gasteiger partial charge >= 0.3 is 0 Å². The molecule has 3 aromatic rings. The van der Waals surface area contributed by atoms with Gasteiger partial charge in [-0.05, 0) is 69.5 Å². The van der Waals surface area contributed by atoms with Crippen molar-refractivity contribution in [2.45, 2.75) is 39.5 Å². The van der Waals surface area contributed by atoms with Crippen molar-refractivity contribution in [2.24, 2.45) is 0 Å². The summed E-state index contributed by atoms with van der Waals surface area (Å²) in [7, 11) is 0. The SMILES string of the molecule is Cc1ccc(CCc2ccc(CCc3ccc(C)s3)s2)o1. The molecule has 0 bridgehead atoms. The van der Waals surface area contributed by atoms with Crippen molar-refractivity contribution in [1.82, 2.24) is 0 Å². The summed E-state index contributed by atoms with van der Waals surface area (Å²) in [5.41, 5.74) is 0. The van der Waals surface area contributed by atoms with Crippen LogP contribution in [0, 0.1) is 13.8 Å². The van der Waals surface area contributed by atoms with Crippen LogP contribution in [0.25, 0.3) is 0 Å². The molecule has 3 heterocycles. The molecule has 0 spiro atoms. The van der Waals surface area contributed by atoms with Crippen molar-refractivity contribution < 1.29 is 4.42 Å². The molecular formula is C18H20OS2. The Labute approximate surface area is 134 Å². The Morgan fingerprint density at radius 3 is 1.90 bits per heavy atom. The molecule has 1 nitrogen and oxygen atoms in total. The van der Waals surface area contributed by atoms with Gasteiger partial charge in [-0.3, -0.25) is 0 Å². The number of aryl methyl sites for hydroxylation is 6. The van der Waals surface area contributed by atoms with Crippen molar-refractivity contribution >= 4 is 22.7 Å². The average molecular weight is 316 g/mol. The Balaban J connectivity index is 1.51. The standard InChI is InChI=1S/C18H20OS2/c1-13-3-5-15(19-13)6-8-17-11-12-18(21-17)10-9-16-7-4-14(2)20-16/h3-5,7,11-12H,6,8-10H2,1-2H3. The predicted octanol–water partition coefficient (Wildman–Crippen LogP) is 5.59. The average Bonchev–Trinajstić information content (AvgIpc) is 3.16. The van der Waals surface area contributed by atoms with Crippen LogP contribution in [0.5, 0.6) is 0 Å². The molecule has 0 atom stereocenters. The number of rotatable bonds is 6. The van der Waals surface area contributed by atoms with Crippen molar-refractivity contribution in [1.29, 1.82) is 0 Å². The van der Waals surface area contributed by atoms with Crippen LogP contribution in [0.2, 0.25) is 0 Å². The van der Waals surface area contributed by atoms with Gasteiger partial charge in [0, 0.05) is 25.9 Å². The maximum Gasteiger partial charge on any atom is 0.104 e. The molecule has 0 aliphatic carbocycles. The van der Waals surface area contributed by atoms with Gasteiger partial charge in [0.25, 0.3) is 0 Å². The van der Waals surface area contributed by atoms with E-state index >= 15 is 0 Å². The van der Waals surface area contributed by atoms with Crippen molar-refractivity contribution in [3.63, 3.8) is 0 Å². The van der Waals surface area contributed by atoms with Gasteiger partial charge in [-0.25, -0.2) is 0 Å². The first-order valence-corrected chi connectivity index (χ1v) is 9.00. The first-order valence-electron chi connectivity index (χ1n) is 7.37. The summed E-state index contributed by atoms with van der Waals surface area (Å²) in [4.78, 5) is 5.85. The number of hydrogen-bond acceptors (Lipinski definition) is 3. The fourth-order valence-corrected chi connectivity index (χ4v) is 4.33. The van der Waals surface area contributed by atoms with Gasteiger partial charge < -0.3 is 4.42 Å². The van der Waals surface area contributed by atoms with Gasteiger partial charge in [0.05, 0.1) is 0 Å². The Morgan fingerprint density at radius 1 is 0.714 bits per heavy atom. The van der Waals surface area contributed by atoms with E-state index in [9.17, 15) is 0 Å². The van der Waals surface area contributed by atoms with Gasteiger partial charge in [0.15, 0.2) is 0 Å². The van der Waals surface area contributed by atoms with Crippen LogP contribution in [0.1, 0.15) is 31.0 Å². The highest BCUT2D eigenvalue weighted by molar-refractivity contribution is 7.12. The smallest absolute Gasteiger partial charge is 0.104 e. The van der Waals surface area contributed by atoms with Gasteiger partial charge in [0.1, 0.15) is 11.5 Å². The van der Waals surface area contributed by atoms with Crippen molar-refractivity contribution in [2.75, 3.05) is 0 Å². The fourth-order valence-electron chi connectivity index (χ4n) is 2.42. The predicted molar refractivity (Wildman–Crippen MR) is 91.6 cm³/mol. The molecule has 0 aliphatic heterocycles. The van der Waals surface area contributed by atoms with E-state index in [1.165, 1.54) is 19.5 Å². The maximum absolute atomic E-state index is 5.63. The molecule has 21 heavy (non-hydrogen) atoms. The number of furan rings is 1. The molecule has 0 radical (unpaired) electrons. The lowest BCUT2D eigenvalue weighted by Gasteiger charge is -1.96. The van der Waals surface area contributed by atoms with Crippen LogP contribution in [-0.2, 0) is 25.7 Å². The van der Waals surface area contributed by atoms with Crippen molar-refractivity contribution in [3.8, 4) is 0 Å². The minimum atomic E-state index is 0.998. The lowest BCUT2D eigenvalue weighted by molar-refractivity contribution is 0.483. The van der Waals surface area contributed by atoms with Crippen molar-refractivity contribution in [3.05, 3.63) is 67.4 Å². The molecule has 0 amide bonds. The second kappa shape index (κ2) is 6.63. The minimum Gasteiger partial charge on any atom is -0.466 e. The van der Waals surface area contributed by atoms with E-state index in [4.69, 9.17) is 4.42 Å². The fraction of sp³-hybridized carbons (Fsp3) is 0.333. The van der Waals surface area contributed by atoms with Crippen LogP contribution in [0.4, 0.5) is 0 Å². The third kappa shape index (κ3) is 4.08. The number of thiophene rings is 2. The zero-order chi connectivity index (χ0) is 14.7. The highest BCUT2D eigenvalue weighted by Crippen LogP contribution is 2.23. The molecule has 3 rings (SSSR count). The number of hydrogen-bond donors (Lipinski definition) is 0. The van der Waals surface area contributed by atoms with E-state index < -0.39 is 0 Å². The van der Waals surface area contributed by atoms with Gasteiger partial charge in [-0.2, -0.15) is 0 Å². The third-order valence-electron chi connectivity index (χ3n) is 3.54. The zero-order valence-corrected chi connectivity index (χ0v) is 14.2. The molecule has 0 saturated carbocycles. The van der Waals surface area contributed by atoms with E-state index in [1.807, 2.05) is 35.7 Å². The molecule has 110 valence electrons. The van der Waals surface area contributed by atoms with E-state index in [1.54, 1.807) is 0 Å².